The summed E-state index contributed by atoms with van der Waals surface area (Å²) in [6.07, 6.45) is 6.85. The van der Waals surface area contributed by atoms with Crippen LogP contribution >= 0.6 is 0 Å². The van der Waals surface area contributed by atoms with Crippen LogP contribution in [0.4, 0.5) is 0 Å². The highest BCUT2D eigenvalue weighted by atomic mass is 16.2. The number of hydrogen-bond acceptors (Lipinski definition) is 3. The van der Waals surface area contributed by atoms with Crippen molar-refractivity contribution >= 4 is 11.8 Å². The van der Waals surface area contributed by atoms with Gasteiger partial charge in [-0.25, -0.2) is 0 Å². The van der Waals surface area contributed by atoms with Crippen LogP contribution in [-0.2, 0) is 9.59 Å². The molecule has 3 rings (SSSR count). The molecule has 1 heterocycles. The first-order valence-electron chi connectivity index (χ1n) is 7.94. The third-order valence-electron chi connectivity index (χ3n) is 5.25. The molecule has 0 aromatic heterocycles. The quantitative estimate of drug-likeness (QED) is 0.792. The number of hydrogen-bond donors (Lipinski definition) is 2. The van der Waals surface area contributed by atoms with Gasteiger partial charge in [0, 0.05) is 31.6 Å². The van der Waals surface area contributed by atoms with E-state index in [1.807, 2.05) is 4.90 Å². The van der Waals surface area contributed by atoms with E-state index in [0.717, 1.165) is 58.0 Å². The van der Waals surface area contributed by atoms with E-state index in [9.17, 15) is 9.59 Å². The summed E-state index contributed by atoms with van der Waals surface area (Å²) in [5, 5.41) is 3.16. The molecular formula is C15H25N3O2. The Bertz CT molecular complexity index is 388. The van der Waals surface area contributed by atoms with Crippen LogP contribution in [0, 0.1) is 11.3 Å². The van der Waals surface area contributed by atoms with Crippen molar-refractivity contribution in [2.24, 2.45) is 17.1 Å². The zero-order valence-corrected chi connectivity index (χ0v) is 12.1. The standard InChI is InChI=1S/C15H25N3O2/c16-10-15(6-1-7-15)14(20)17-12-4-8-18(9-5-12)13(19)11-2-3-11/h11-12H,1-10,16H2,(H,17,20). The highest BCUT2D eigenvalue weighted by Crippen LogP contribution is 2.40. The molecule has 5 nitrogen and oxygen atoms in total. The molecule has 3 N–H and O–H groups in total. The summed E-state index contributed by atoms with van der Waals surface area (Å²) in [7, 11) is 0. The van der Waals surface area contributed by atoms with Crippen molar-refractivity contribution < 1.29 is 9.59 Å². The van der Waals surface area contributed by atoms with E-state index in [2.05, 4.69) is 5.32 Å². The number of amides is 2. The Labute approximate surface area is 120 Å². The molecule has 0 aromatic carbocycles. The van der Waals surface area contributed by atoms with Crippen LogP contribution in [0.2, 0.25) is 0 Å². The third-order valence-corrected chi connectivity index (χ3v) is 5.25. The van der Waals surface area contributed by atoms with Gasteiger partial charge < -0.3 is 16.0 Å². The fourth-order valence-electron chi connectivity index (χ4n) is 3.30. The molecule has 3 fully saturated rings. The van der Waals surface area contributed by atoms with Crippen LogP contribution in [0.3, 0.4) is 0 Å². The van der Waals surface area contributed by atoms with E-state index in [-0.39, 0.29) is 17.4 Å². The van der Waals surface area contributed by atoms with Crippen molar-refractivity contribution in [2.75, 3.05) is 19.6 Å². The Morgan fingerprint density at radius 1 is 1.15 bits per heavy atom. The lowest BCUT2D eigenvalue weighted by atomic mass is 9.68. The predicted molar refractivity (Wildman–Crippen MR) is 75.8 cm³/mol. The molecule has 0 radical (unpaired) electrons. The monoisotopic (exact) mass is 279 g/mol. The minimum Gasteiger partial charge on any atom is -0.353 e. The summed E-state index contributed by atoms with van der Waals surface area (Å²) >= 11 is 0. The molecule has 0 bridgehead atoms. The van der Waals surface area contributed by atoms with Gasteiger partial charge in [-0.3, -0.25) is 9.59 Å². The van der Waals surface area contributed by atoms with Crippen molar-refractivity contribution in [2.45, 2.75) is 51.0 Å². The first-order chi connectivity index (χ1) is 9.64. The molecule has 5 heteroatoms. The normalized spacial score (nSPS) is 25.9. The van der Waals surface area contributed by atoms with Gasteiger partial charge in [-0.15, -0.1) is 0 Å². The second-order valence-electron chi connectivity index (χ2n) is 6.69. The smallest absolute Gasteiger partial charge is 0.227 e. The van der Waals surface area contributed by atoms with Crippen molar-refractivity contribution in [3.63, 3.8) is 0 Å². The summed E-state index contributed by atoms with van der Waals surface area (Å²) in [4.78, 5) is 26.3. The molecule has 2 amide bonds. The van der Waals surface area contributed by atoms with E-state index in [0.29, 0.717) is 18.4 Å². The Morgan fingerprint density at radius 3 is 2.25 bits per heavy atom. The van der Waals surface area contributed by atoms with Crippen LogP contribution in [0.1, 0.15) is 44.9 Å². The van der Waals surface area contributed by atoms with Gasteiger partial charge in [0.1, 0.15) is 0 Å². The topological polar surface area (TPSA) is 75.4 Å². The second-order valence-corrected chi connectivity index (χ2v) is 6.69. The molecule has 2 aliphatic carbocycles. The van der Waals surface area contributed by atoms with Crippen LogP contribution < -0.4 is 11.1 Å². The molecule has 20 heavy (non-hydrogen) atoms. The van der Waals surface area contributed by atoms with Crippen molar-refractivity contribution in [1.29, 1.82) is 0 Å². The van der Waals surface area contributed by atoms with Crippen LogP contribution in [0.25, 0.3) is 0 Å². The highest BCUT2D eigenvalue weighted by molar-refractivity contribution is 5.84. The minimum atomic E-state index is -0.291. The number of rotatable bonds is 4. The molecule has 0 atom stereocenters. The van der Waals surface area contributed by atoms with Gasteiger partial charge in [-0.05, 0) is 38.5 Å². The lowest BCUT2D eigenvalue weighted by Crippen LogP contribution is -2.55. The van der Waals surface area contributed by atoms with Gasteiger partial charge in [0.05, 0.1) is 5.41 Å². The number of likely N-dealkylation sites (tertiary alicyclic amines) is 1. The maximum absolute atomic E-state index is 12.3. The number of carbonyl (C=O) groups excluding carboxylic acids is 2. The zero-order valence-electron chi connectivity index (χ0n) is 12.1. The number of nitrogens with zero attached hydrogens (tertiary/aromatic N) is 1. The van der Waals surface area contributed by atoms with E-state index in [1.54, 1.807) is 0 Å². The third kappa shape index (κ3) is 2.55. The van der Waals surface area contributed by atoms with Crippen molar-refractivity contribution in [3.8, 4) is 0 Å². The molecule has 0 spiro atoms. The molecule has 0 unspecified atom stereocenters. The lowest BCUT2D eigenvalue weighted by Gasteiger charge is -2.41. The van der Waals surface area contributed by atoms with Gasteiger partial charge in [0.15, 0.2) is 0 Å². The summed E-state index contributed by atoms with van der Waals surface area (Å²) in [5.74, 6) is 0.766. The van der Waals surface area contributed by atoms with E-state index in [1.165, 1.54) is 0 Å². The molecule has 0 aromatic rings. The van der Waals surface area contributed by atoms with E-state index < -0.39 is 0 Å². The molecule has 1 aliphatic heterocycles. The minimum absolute atomic E-state index is 0.137. The van der Waals surface area contributed by atoms with Gasteiger partial charge in [0.25, 0.3) is 0 Å². The SMILES string of the molecule is NCC1(C(=O)NC2CCN(C(=O)C3CC3)CC2)CCC1. The maximum Gasteiger partial charge on any atom is 0.227 e. The predicted octanol–water partition coefficient (Wildman–Crippen LogP) is 0.633. The van der Waals surface area contributed by atoms with Gasteiger partial charge in [-0.2, -0.15) is 0 Å². The van der Waals surface area contributed by atoms with E-state index in [4.69, 9.17) is 5.73 Å². The van der Waals surface area contributed by atoms with Gasteiger partial charge >= 0.3 is 0 Å². The summed E-state index contributed by atoms with van der Waals surface area (Å²) in [6, 6.07) is 0.217. The summed E-state index contributed by atoms with van der Waals surface area (Å²) in [6.45, 7) is 2.03. The first-order valence-corrected chi connectivity index (χ1v) is 7.94. The summed E-state index contributed by atoms with van der Waals surface area (Å²) in [5.41, 5.74) is 5.47. The van der Waals surface area contributed by atoms with Crippen molar-refractivity contribution in [1.82, 2.24) is 10.2 Å². The Balaban J connectivity index is 1.46. The largest absolute Gasteiger partial charge is 0.353 e. The molecule has 2 saturated carbocycles. The molecule has 112 valence electrons. The van der Waals surface area contributed by atoms with Crippen LogP contribution in [0.15, 0.2) is 0 Å². The van der Waals surface area contributed by atoms with Crippen molar-refractivity contribution in [3.05, 3.63) is 0 Å². The summed E-state index contributed by atoms with van der Waals surface area (Å²) < 4.78 is 0. The molecular weight excluding hydrogens is 254 g/mol. The highest BCUT2D eigenvalue weighted by Gasteiger charge is 2.43. The fraction of sp³-hybridized carbons (Fsp3) is 0.867. The second kappa shape index (κ2) is 5.35. The van der Waals surface area contributed by atoms with Gasteiger partial charge in [-0.1, -0.05) is 6.42 Å². The number of carbonyl (C=O) groups is 2. The van der Waals surface area contributed by atoms with E-state index >= 15 is 0 Å². The average molecular weight is 279 g/mol. The Morgan fingerprint density at radius 2 is 1.80 bits per heavy atom. The fourth-order valence-corrected chi connectivity index (χ4v) is 3.30. The first kappa shape index (κ1) is 13.9. The zero-order chi connectivity index (χ0) is 14.2. The number of piperidine rings is 1. The average Bonchev–Trinajstić information content (AvgIpc) is 3.22. The number of nitrogens with two attached hydrogens (primary N) is 1. The Hall–Kier alpha value is -1.10. The maximum atomic E-state index is 12.3. The lowest BCUT2D eigenvalue weighted by molar-refractivity contribution is -0.137. The van der Waals surface area contributed by atoms with Gasteiger partial charge in [0.2, 0.25) is 11.8 Å². The van der Waals surface area contributed by atoms with Crippen LogP contribution in [-0.4, -0.2) is 42.4 Å². The number of nitrogens with one attached hydrogen (secondary N) is 1. The molecule has 1 saturated heterocycles. The Kier molecular flexibility index (Phi) is 3.71. The van der Waals surface area contributed by atoms with Crippen LogP contribution in [0.5, 0.6) is 0 Å². The molecule has 3 aliphatic rings.